The third kappa shape index (κ3) is 13.9. The monoisotopic (exact) mass is 495 g/mol. The molecule has 0 aliphatic rings. The van der Waals surface area contributed by atoms with Crippen LogP contribution in [0.3, 0.4) is 0 Å². The first-order chi connectivity index (χ1) is 16.5. The Balaban J connectivity index is 0.000000679. The van der Waals surface area contributed by atoms with Gasteiger partial charge in [-0.05, 0) is 57.1 Å². The van der Waals surface area contributed by atoms with Crippen molar-refractivity contribution in [2.75, 3.05) is 39.0 Å². The molecule has 2 aromatic rings. The quantitative estimate of drug-likeness (QED) is 0.155. The molecular weight excluding hydrogens is 459 g/mol. The van der Waals surface area contributed by atoms with Gasteiger partial charge in [0.25, 0.3) is 0 Å². The van der Waals surface area contributed by atoms with Gasteiger partial charge in [-0.25, -0.2) is 0 Å². The third-order valence-electron chi connectivity index (χ3n) is 4.54. The zero-order valence-electron chi connectivity index (χ0n) is 20.3. The molecule has 0 aliphatic heterocycles. The maximum atomic E-state index is 12.6. The van der Waals surface area contributed by atoms with Crippen LogP contribution in [0.5, 0.6) is 0 Å². The van der Waals surface area contributed by atoms with Crippen LogP contribution in [0, 0.1) is 12.3 Å². The number of likely N-dealkylation sites (N-methyl/N-ethyl adjacent to an activating group) is 1. The van der Waals surface area contributed by atoms with E-state index in [2.05, 4.69) is 22.1 Å². The molecule has 0 saturated heterocycles. The van der Waals surface area contributed by atoms with Crippen molar-refractivity contribution in [1.29, 1.82) is 5.41 Å². The molecule has 1 heterocycles. The SMILES string of the molecule is CCN(C)CCN/C=C\C(N)c1cc(C(F)(F)F)ccn1.Cc1ccc(N)c(C=O)c1.N=CCN. The van der Waals surface area contributed by atoms with Crippen molar-refractivity contribution in [1.82, 2.24) is 15.2 Å². The molecule has 1 aromatic heterocycles. The van der Waals surface area contributed by atoms with Gasteiger partial charge < -0.3 is 32.8 Å². The molecule has 0 amide bonds. The summed E-state index contributed by atoms with van der Waals surface area (Å²) >= 11 is 0. The number of nitrogens with zero attached hydrogens (tertiary/aromatic N) is 2. The minimum Gasteiger partial charge on any atom is -0.398 e. The average Bonchev–Trinajstić information content (AvgIpc) is 2.85. The summed E-state index contributed by atoms with van der Waals surface area (Å²) in [5.41, 5.74) is 17.7. The zero-order valence-corrected chi connectivity index (χ0v) is 20.3. The van der Waals surface area contributed by atoms with Crippen molar-refractivity contribution in [2.45, 2.75) is 26.1 Å². The number of alkyl halides is 3. The van der Waals surface area contributed by atoms with Crippen LogP contribution in [0.15, 0.2) is 48.8 Å². The van der Waals surface area contributed by atoms with Gasteiger partial charge in [-0.3, -0.25) is 9.78 Å². The van der Waals surface area contributed by atoms with Crippen molar-refractivity contribution < 1.29 is 18.0 Å². The first-order valence-corrected chi connectivity index (χ1v) is 10.9. The number of hydrogen-bond acceptors (Lipinski definition) is 8. The van der Waals surface area contributed by atoms with E-state index >= 15 is 0 Å². The van der Waals surface area contributed by atoms with Gasteiger partial charge in [-0.1, -0.05) is 18.6 Å². The van der Waals surface area contributed by atoms with Gasteiger partial charge in [0, 0.05) is 43.3 Å². The minimum absolute atomic E-state index is 0.188. The van der Waals surface area contributed by atoms with Crippen molar-refractivity contribution in [3.8, 4) is 0 Å². The lowest BCUT2D eigenvalue weighted by Gasteiger charge is -2.13. The van der Waals surface area contributed by atoms with Crippen molar-refractivity contribution in [3.63, 3.8) is 0 Å². The summed E-state index contributed by atoms with van der Waals surface area (Å²) in [7, 11) is 2.00. The molecule has 1 atom stereocenters. The van der Waals surface area contributed by atoms with Gasteiger partial charge in [-0.2, -0.15) is 13.2 Å². The highest BCUT2D eigenvalue weighted by Gasteiger charge is 2.30. The van der Waals surface area contributed by atoms with Crippen LogP contribution in [-0.4, -0.2) is 55.6 Å². The fourth-order valence-electron chi connectivity index (χ4n) is 2.37. The van der Waals surface area contributed by atoms with E-state index in [1.807, 2.05) is 20.0 Å². The van der Waals surface area contributed by atoms with Crippen molar-refractivity contribution in [2.24, 2.45) is 11.5 Å². The van der Waals surface area contributed by atoms with Crippen LogP contribution < -0.4 is 22.5 Å². The molecule has 194 valence electrons. The van der Waals surface area contributed by atoms with Crippen LogP contribution >= 0.6 is 0 Å². The predicted octanol–water partition coefficient (Wildman–Crippen LogP) is 3.14. The highest BCUT2D eigenvalue weighted by atomic mass is 19.4. The Morgan fingerprint density at radius 1 is 1.26 bits per heavy atom. The van der Waals surface area contributed by atoms with Gasteiger partial charge in [0.05, 0.1) is 17.3 Å². The Labute approximate surface area is 204 Å². The molecule has 8 nitrogen and oxygen atoms in total. The average molecular weight is 496 g/mol. The number of hydrogen-bond donors (Lipinski definition) is 5. The van der Waals surface area contributed by atoms with Gasteiger partial charge in [0.15, 0.2) is 6.29 Å². The zero-order chi connectivity index (χ0) is 26.9. The molecule has 1 aromatic carbocycles. The second-order valence-corrected chi connectivity index (χ2v) is 7.39. The second kappa shape index (κ2) is 17.2. The van der Waals surface area contributed by atoms with Crippen LogP contribution in [0.25, 0.3) is 0 Å². The fraction of sp³-hybridized carbons (Fsp3) is 0.375. The van der Waals surface area contributed by atoms with E-state index in [4.69, 9.17) is 22.6 Å². The molecule has 0 radical (unpaired) electrons. The number of nitrogen functional groups attached to an aromatic ring is 1. The smallest absolute Gasteiger partial charge is 0.398 e. The second-order valence-electron chi connectivity index (χ2n) is 7.39. The highest BCUT2D eigenvalue weighted by Crippen LogP contribution is 2.29. The summed E-state index contributed by atoms with van der Waals surface area (Å²) in [6.07, 6.45) is 1.90. The summed E-state index contributed by atoms with van der Waals surface area (Å²) in [6, 6.07) is 6.60. The highest BCUT2D eigenvalue weighted by molar-refractivity contribution is 5.83. The molecular formula is C24H36F3N7O. The Bertz CT molecular complexity index is 920. The van der Waals surface area contributed by atoms with E-state index in [1.54, 1.807) is 24.4 Å². The van der Waals surface area contributed by atoms with Crippen LogP contribution in [0.2, 0.25) is 0 Å². The van der Waals surface area contributed by atoms with Crippen LogP contribution in [0.1, 0.15) is 40.1 Å². The standard InChI is InChI=1S/C14H21F3N4.C8H9NO.C2H6N2/c1-3-21(2)9-8-19-6-5-12(18)13-10-11(4-7-20-13)14(15,16)17;1-6-2-3-8(9)7(4-6)5-10;3-1-2-4/h4-7,10,12,19H,3,8-9,18H2,1-2H3;2-5H,9H2,1H3;1,3H,2,4H2/b6-5-;;. The van der Waals surface area contributed by atoms with Gasteiger partial charge in [-0.15, -0.1) is 0 Å². The molecule has 0 spiro atoms. The first kappa shape index (κ1) is 31.7. The Morgan fingerprint density at radius 2 is 1.91 bits per heavy atom. The fourth-order valence-corrected chi connectivity index (χ4v) is 2.37. The maximum Gasteiger partial charge on any atom is 0.416 e. The molecule has 35 heavy (non-hydrogen) atoms. The summed E-state index contributed by atoms with van der Waals surface area (Å²) in [6.45, 7) is 6.91. The number of nitrogens with one attached hydrogen (secondary N) is 2. The molecule has 1 unspecified atom stereocenters. The van der Waals surface area contributed by atoms with E-state index in [0.717, 1.165) is 56.0 Å². The number of anilines is 1. The van der Waals surface area contributed by atoms with Gasteiger partial charge >= 0.3 is 6.18 Å². The molecule has 8 N–H and O–H groups in total. The minimum atomic E-state index is -4.38. The number of aromatic nitrogens is 1. The number of aryl methyl sites for hydroxylation is 1. The summed E-state index contributed by atoms with van der Waals surface area (Å²) in [4.78, 5) is 16.3. The molecule has 0 aliphatic carbocycles. The number of carbonyl (C=O) groups is 1. The topological polar surface area (TPSA) is 147 Å². The number of benzene rings is 1. The molecule has 0 fully saturated rings. The third-order valence-corrected chi connectivity index (χ3v) is 4.54. The molecule has 0 saturated carbocycles. The van der Waals surface area contributed by atoms with E-state index in [0.29, 0.717) is 17.8 Å². The van der Waals surface area contributed by atoms with Gasteiger partial charge in [0.2, 0.25) is 0 Å². The van der Waals surface area contributed by atoms with Crippen molar-refractivity contribution in [3.05, 3.63) is 71.2 Å². The summed E-state index contributed by atoms with van der Waals surface area (Å²) in [5, 5.41) is 9.25. The lowest BCUT2D eigenvalue weighted by Crippen LogP contribution is -2.26. The molecule has 11 heteroatoms. The largest absolute Gasteiger partial charge is 0.416 e. The first-order valence-electron chi connectivity index (χ1n) is 10.9. The Morgan fingerprint density at radius 3 is 2.43 bits per heavy atom. The van der Waals surface area contributed by atoms with E-state index in [-0.39, 0.29) is 5.69 Å². The Kier molecular flexibility index (Phi) is 15.6. The summed E-state index contributed by atoms with van der Waals surface area (Å²) in [5.74, 6) is 0. The van der Waals surface area contributed by atoms with Gasteiger partial charge in [0.1, 0.15) is 0 Å². The number of nitrogens with two attached hydrogens (primary N) is 3. The van der Waals surface area contributed by atoms with E-state index < -0.39 is 17.8 Å². The van der Waals surface area contributed by atoms with Crippen LogP contribution in [0.4, 0.5) is 18.9 Å². The van der Waals surface area contributed by atoms with Crippen molar-refractivity contribution >= 4 is 18.2 Å². The number of carbonyl (C=O) groups excluding carboxylic acids is 1. The van der Waals surface area contributed by atoms with E-state index in [1.165, 1.54) is 0 Å². The number of halogens is 3. The maximum absolute atomic E-state index is 12.6. The van der Waals surface area contributed by atoms with Crippen LogP contribution in [-0.2, 0) is 6.18 Å². The number of aldehydes is 1. The normalized spacial score (nSPS) is 11.7. The Hall–Kier alpha value is -3.28. The molecule has 0 bridgehead atoms. The lowest BCUT2D eigenvalue weighted by atomic mass is 10.1. The number of pyridine rings is 1. The lowest BCUT2D eigenvalue weighted by molar-refractivity contribution is -0.137. The predicted molar refractivity (Wildman–Crippen MR) is 135 cm³/mol. The molecule has 2 rings (SSSR count). The van der Waals surface area contributed by atoms with E-state index in [9.17, 15) is 18.0 Å². The number of rotatable bonds is 9. The summed E-state index contributed by atoms with van der Waals surface area (Å²) < 4.78 is 37.8.